The Morgan fingerprint density at radius 3 is 1.73 bits per heavy atom. The summed E-state index contributed by atoms with van der Waals surface area (Å²) in [7, 11) is 0. The van der Waals surface area contributed by atoms with E-state index in [1.807, 2.05) is 18.3 Å². The Kier molecular flexibility index (Phi) is 64.1. The first-order valence-corrected chi connectivity index (χ1v) is 2.91. The van der Waals surface area contributed by atoms with E-state index in [9.17, 15) is 0 Å². The number of aromatic nitrogens is 1. The normalized spacial score (nSPS) is 4.73. The molecule has 0 aromatic carbocycles. The molecular formula is C8H14NRu2. The van der Waals surface area contributed by atoms with Crippen molar-refractivity contribution in [3.05, 3.63) is 38.4 Å². The van der Waals surface area contributed by atoms with E-state index in [-0.39, 0.29) is 39.0 Å². The second kappa shape index (κ2) is 31.3. The van der Waals surface area contributed by atoms with Gasteiger partial charge in [0.1, 0.15) is 0 Å². The molecule has 0 spiro atoms. The Balaban J connectivity index is -0.0000000369. The first kappa shape index (κ1) is 22.5. The van der Waals surface area contributed by atoms with Crippen LogP contribution in [0.2, 0.25) is 0 Å². The summed E-state index contributed by atoms with van der Waals surface area (Å²) in [5, 5.41) is 0. The summed E-state index contributed by atoms with van der Waals surface area (Å²) in [6.45, 7) is 10.0. The van der Waals surface area contributed by atoms with Crippen LogP contribution in [0.3, 0.4) is 0 Å². The summed E-state index contributed by atoms with van der Waals surface area (Å²) >= 11 is 0. The molecule has 1 nitrogen and oxygen atoms in total. The minimum Gasteiger partial charge on any atom is -0.484 e. The van der Waals surface area contributed by atoms with Crippen LogP contribution in [0.4, 0.5) is 0 Å². The predicted octanol–water partition coefficient (Wildman–Crippen LogP) is 2.49. The van der Waals surface area contributed by atoms with E-state index in [2.05, 4.69) is 25.0 Å². The van der Waals surface area contributed by atoms with Crippen LogP contribution in [0.25, 0.3) is 0 Å². The van der Waals surface area contributed by atoms with Crippen molar-refractivity contribution in [2.45, 2.75) is 13.8 Å². The van der Waals surface area contributed by atoms with Gasteiger partial charge in [0.15, 0.2) is 0 Å². The zero-order valence-corrected chi connectivity index (χ0v) is 10.3. The maximum Gasteiger partial charge on any atom is 3.00 e. The molecule has 1 N–H and O–H groups in total. The van der Waals surface area contributed by atoms with Gasteiger partial charge in [0.05, 0.1) is 0 Å². The first-order valence-electron chi connectivity index (χ1n) is 2.91. The van der Waals surface area contributed by atoms with Crippen LogP contribution in [0.1, 0.15) is 13.8 Å². The van der Waals surface area contributed by atoms with Crippen molar-refractivity contribution in [1.82, 2.24) is 4.98 Å². The summed E-state index contributed by atoms with van der Waals surface area (Å²) in [6, 6.07) is 3.71. The summed E-state index contributed by atoms with van der Waals surface area (Å²) in [5.74, 6) is 0. The second-order valence-electron chi connectivity index (χ2n) is 0.814. The molecular weight excluding hydrogens is 312 g/mol. The molecule has 0 unspecified atom stereocenters. The van der Waals surface area contributed by atoms with Crippen LogP contribution in [0.5, 0.6) is 0 Å². The van der Waals surface area contributed by atoms with E-state index in [4.69, 9.17) is 0 Å². The van der Waals surface area contributed by atoms with Crippen molar-refractivity contribution in [3.63, 3.8) is 0 Å². The third-order valence-electron chi connectivity index (χ3n) is 0.442. The molecule has 1 aromatic heterocycles. The molecule has 1 radical (unpaired) electrons. The SMILES string of the molecule is [CH2-]C.[CH2-]C.[Ru+3].[Ru].[c-]1ccc[nH]1. The van der Waals surface area contributed by atoms with Gasteiger partial charge >= 0.3 is 19.5 Å². The molecule has 67 valence electrons. The van der Waals surface area contributed by atoms with Gasteiger partial charge in [0, 0.05) is 19.5 Å². The van der Waals surface area contributed by atoms with Crippen LogP contribution in [-0.4, -0.2) is 4.98 Å². The maximum absolute atomic E-state index is 3.25. The number of rotatable bonds is 0. The molecule has 1 heterocycles. The molecule has 0 aliphatic carbocycles. The van der Waals surface area contributed by atoms with Crippen molar-refractivity contribution in [3.8, 4) is 0 Å². The number of hydrogen-bond donors (Lipinski definition) is 1. The van der Waals surface area contributed by atoms with E-state index in [0.29, 0.717) is 0 Å². The number of hydrogen-bond acceptors (Lipinski definition) is 0. The third kappa shape index (κ3) is 25.1. The number of aromatic amines is 1. The third-order valence-corrected chi connectivity index (χ3v) is 0.442. The fourth-order valence-electron chi connectivity index (χ4n) is 0.241. The fourth-order valence-corrected chi connectivity index (χ4v) is 0.241. The Labute approximate surface area is 95.9 Å². The standard InChI is InChI=1S/C4H4N.2C2H5.2Ru/c1-2-4-5-3-1;2*1-2;;/h1-3,5H;2*1H2,2H3;;/q3*-1;;+3. The molecule has 0 fully saturated rings. The van der Waals surface area contributed by atoms with Crippen molar-refractivity contribution in [2.75, 3.05) is 0 Å². The minimum atomic E-state index is 0. The fraction of sp³-hybridized carbons (Fsp3) is 0.250. The van der Waals surface area contributed by atoms with Gasteiger partial charge in [-0.2, -0.15) is 32.2 Å². The Morgan fingerprint density at radius 2 is 1.64 bits per heavy atom. The van der Waals surface area contributed by atoms with Crippen LogP contribution in [0, 0.1) is 20.0 Å². The van der Waals surface area contributed by atoms with Crippen molar-refractivity contribution < 1.29 is 39.0 Å². The molecule has 0 aliphatic heterocycles. The zero-order chi connectivity index (χ0) is 7.54. The average Bonchev–Trinajstić information content (AvgIpc) is 2.51. The van der Waals surface area contributed by atoms with E-state index < -0.39 is 0 Å². The summed E-state index contributed by atoms with van der Waals surface area (Å²) in [5.41, 5.74) is 0. The van der Waals surface area contributed by atoms with Gasteiger partial charge in [-0.1, -0.05) is 0 Å². The van der Waals surface area contributed by atoms with E-state index in [0.717, 1.165) is 0 Å². The Hall–Kier alpha value is 0.527. The van der Waals surface area contributed by atoms with E-state index in [1.54, 1.807) is 13.8 Å². The second-order valence-corrected chi connectivity index (χ2v) is 0.814. The molecule has 1 aromatic rings. The van der Waals surface area contributed by atoms with Gasteiger partial charge in [-0.15, -0.1) is 6.20 Å². The number of nitrogens with one attached hydrogen (secondary N) is 1. The largest absolute Gasteiger partial charge is 3.00 e. The summed E-state index contributed by atoms with van der Waals surface area (Å²) in [6.07, 6.45) is 4.56. The first-order chi connectivity index (χ1) is 4.50. The molecule has 11 heavy (non-hydrogen) atoms. The van der Waals surface area contributed by atoms with Gasteiger partial charge in [-0.25, -0.2) is 0 Å². The van der Waals surface area contributed by atoms with Gasteiger partial charge in [0.25, 0.3) is 0 Å². The summed E-state index contributed by atoms with van der Waals surface area (Å²) in [4.78, 5) is 2.74. The van der Waals surface area contributed by atoms with E-state index >= 15 is 0 Å². The maximum atomic E-state index is 3.25. The van der Waals surface area contributed by atoms with E-state index in [1.165, 1.54) is 0 Å². The van der Waals surface area contributed by atoms with Gasteiger partial charge in [-0.05, 0) is 0 Å². The molecule has 0 aliphatic rings. The molecule has 0 saturated heterocycles. The van der Waals surface area contributed by atoms with Crippen LogP contribution < -0.4 is 0 Å². The molecule has 0 atom stereocenters. The van der Waals surface area contributed by atoms with Gasteiger partial charge < -0.3 is 18.8 Å². The van der Waals surface area contributed by atoms with Crippen molar-refractivity contribution in [1.29, 1.82) is 0 Å². The average molecular weight is 326 g/mol. The van der Waals surface area contributed by atoms with Crippen molar-refractivity contribution >= 4 is 0 Å². The van der Waals surface area contributed by atoms with Crippen LogP contribution >= 0.6 is 0 Å². The quantitative estimate of drug-likeness (QED) is 0.557. The van der Waals surface area contributed by atoms with Gasteiger partial charge in [0.2, 0.25) is 0 Å². The zero-order valence-electron chi connectivity index (χ0n) is 6.85. The molecule has 1 rings (SSSR count). The van der Waals surface area contributed by atoms with Crippen molar-refractivity contribution in [2.24, 2.45) is 0 Å². The number of H-pyrrole nitrogens is 1. The molecule has 0 saturated carbocycles. The van der Waals surface area contributed by atoms with Crippen LogP contribution in [-0.2, 0) is 39.0 Å². The predicted molar refractivity (Wildman–Crippen MR) is 41.7 cm³/mol. The topological polar surface area (TPSA) is 15.8 Å². The monoisotopic (exact) mass is 328 g/mol. The Bertz CT molecular complexity index is 68.6. The van der Waals surface area contributed by atoms with Gasteiger partial charge in [-0.3, -0.25) is 0 Å². The molecule has 0 bridgehead atoms. The Morgan fingerprint density at radius 1 is 1.18 bits per heavy atom. The summed E-state index contributed by atoms with van der Waals surface area (Å²) < 4.78 is 0. The van der Waals surface area contributed by atoms with Crippen LogP contribution in [0.15, 0.2) is 18.3 Å². The smallest absolute Gasteiger partial charge is 0.484 e. The molecule has 3 heteroatoms. The molecule has 0 amide bonds. The minimum absolute atomic E-state index is 0.